The van der Waals surface area contributed by atoms with Crippen LogP contribution in [0.25, 0.3) is 10.6 Å². The Kier molecular flexibility index (Phi) is 3.50. The Hall–Kier alpha value is -2.80. The second kappa shape index (κ2) is 5.68. The Morgan fingerprint density at radius 3 is 3.00 bits per heavy atom. The van der Waals surface area contributed by atoms with Gasteiger partial charge in [-0.05, 0) is 36.1 Å². The second-order valence-corrected chi connectivity index (χ2v) is 6.35. The van der Waals surface area contributed by atoms with Crippen molar-refractivity contribution in [2.45, 2.75) is 13.0 Å². The van der Waals surface area contributed by atoms with Crippen LogP contribution in [-0.2, 0) is 0 Å². The molecule has 1 atom stereocenters. The molecule has 0 saturated heterocycles. The molecule has 3 aromatic rings. The van der Waals surface area contributed by atoms with Crippen LogP contribution in [0.15, 0.2) is 35.7 Å². The zero-order chi connectivity index (χ0) is 16.7. The van der Waals surface area contributed by atoms with Crippen molar-refractivity contribution in [3.63, 3.8) is 0 Å². The van der Waals surface area contributed by atoms with Crippen molar-refractivity contribution < 1.29 is 14.6 Å². The quantitative estimate of drug-likeness (QED) is 0.680. The fourth-order valence-corrected chi connectivity index (χ4v) is 3.65. The van der Waals surface area contributed by atoms with Gasteiger partial charge in [0.05, 0.1) is 23.2 Å². The van der Waals surface area contributed by atoms with Crippen molar-refractivity contribution in [1.82, 2.24) is 15.5 Å². The molecule has 7 heteroatoms. The summed E-state index contributed by atoms with van der Waals surface area (Å²) in [6, 6.07) is 8.73. The molecular weight excluding hydrogens is 326 g/mol. The maximum atomic E-state index is 12.2. The summed E-state index contributed by atoms with van der Waals surface area (Å²) in [6.07, 6.45) is 0. The molecule has 3 N–H and O–H groups in total. The predicted molar refractivity (Wildman–Crippen MR) is 90.5 cm³/mol. The lowest BCUT2D eigenvalue weighted by atomic mass is 9.99. The molecule has 1 aliphatic heterocycles. The topological polar surface area (TPSA) is 87.2 Å². The van der Waals surface area contributed by atoms with E-state index in [0.29, 0.717) is 18.1 Å². The number of hydrogen-bond donors (Lipinski definition) is 3. The number of benzene rings is 1. The standard InChI is InChI=1S/C17H15N3O3S/c1-2-23-11-8-9(5-6-10(11)21)14-13-15(12-4-3-7-24-12)19-20-16(13)17(22)18-14/h3-8,14,21H,2H2,1H3,(H,18,22)(H,19,20). The van der Waals surface area contributed by atoms with Gasteiger partial charge in [-0.3, -0.25) is 9.89 Å². The third-order valence-electron chi connectivity index (χ3n) is 3.97. The highest BCUT2D eigenvalue weighted by atomic mass is 32.1. The number of hydrogen-bond acceptors (Lipinski definition) is 5. The van der Waals surface area contributed by atoms with Gasteiger partial charge in [-0.2, -0.15) is 5.10 Å². The maximum absolute atomic E-state index is 12.2. The number of phenolic OH excluding ortho intramolecular Hbond substituents is 1. The lowest BCUT2D eigenvalue weighted by molar-refractivity contribution is 0.0955. The average molecular weight is 341 g/mol. The first-order valence-electron chi connectivity index (χ1n) is 7.57. The number of carbonyl (C=O) groups is 1. The van der Waals surface area contributed by atoms with E-state index in [1.54, 1.807) is 29.5 Å². The molecule has 0 fully saturated rings. The first kappa shape index (κ1) is 14.8. The molecule has 24 heavy (non-hydrogen) atoms. The first-order valence-corrected chi connectivity index (χ1v) is 8.45. The Labute approximate surface area is 142 Å². The van der Waals surface area contributed by atoms with Gasteiger partial charge in [-0.15, -0.1) is 11.3 Å². The molecule has 0 bridgehead atoms. The van der Waals surface area contributed by atoms with Crippen molar-refractivity contribution in [2.24, 2.45) is 0 Å². The number of thiophene rings is 1. The van der Waals surface area contributed by atoms with Gasteiger partial charge in [0.2, 0.25) is 0 Å². The van der Waals surface area contributed by atoms with Gasteiger partial charge in [0, 0.05) is 5.56 Å². The summed E-state index contributed by atoms with van der Waals surface area (Å²) < 4.78 is 5.45. The van der Waals surface area contributed by atoms with E-state index in [0.717, 1.165) is 21.7 Å². The second-order valence-electron chi connectivity index (χ2n) is 5.40. The fraction of sp³-hybridized carbons (Fsp3) is 0.176. The van der Waals surface area contributed by atoms with Crippen molar-refractivity contribution in [1.29, 1.82) is 0 Å². The third-order valence-corrected chi connectivity index (χ3v) is 4.86. The van der Waals surface area contributed by atoms with E-state index < -0.39 is 0 Å². The highest BCUT2D eigenvalue weighted by Gasteiger charge is 2.36. The molecule has 0 radical (unpaired) electrons. The van der Waals surface area contributed by atoms with E-state index in [4.69, 9.17) is 4.74 Å². The van der Waals surface area contributed by atoms with Crippen molar-refractivity contribution in [2.75, 3.05) is 6.61 Å². The molecule has 1 amide bonds. The highest BCUT2D eigenvalue weighted by Crippen LogP contribution is 2.40. The lowest BCUT2D eigenvalue weighted by Gasteiger charge is -2.15. The number of ether oxygens (including phenoxy) is 1. The van der Waals surface area contributed by atoms with E-state index in [1.807, 2.05) is 24.4 Å². The van der Waals surface area contributed by atoms with E-state index in [2.05, 4.69) is 15.5 Å². The smallest absolute Gasteiger partial charge is 0.272 e. The summed E-state index contributed by atoms with van der Waals surface area (Å²) in [4.78, 5) is 13.3. The number of aromatic hydroxyl groups is 1. The van der Waals surface area contributed by atoms with Crippen LogP contribution in [0.5, 0.6) is 11.5 Å². The number of nitrogens with one attached hydrogen (secondary N) is 2. The van der Waals surface area contributed by atoms with Crippen molar-refractivity contribution in [3.8, 4) is 22.1 Å². The Balaban J connectivity index is 1.82. The highest BCUT2D eigenvalue weighted by molar-refractivity contribution is 7.13. The van der Waals surface area contributed by atoms with Crippen molar-refractivity contribution in [3.05, 3.63) is 52.5 Å². The van der Waals surface area contributed by atoms with E-state index in [-0.39, 0.29) is 17.7 Å². The molecule has 0 spiro atoms. The first-order chi connectivity index (χ1) is 11.7. The Morgan fingerprint density at radius 1 is 1.38 bits per heavy atom. The van der Waals surface area contributed by atoms with Gasteiger partial charge in [0.25, 0.3) is 5.91 Å². The van der Waals surface area contributed by atoms with Crippen molar-refractivity contribution >= 4 is 17.2 Å². The van der Waals surface area contributed by atoms with E-state index in [9.17, 15) is 9.90 Å². The monoisotopic (exact) mass is 341 g/mol. The molecule has 122 valence electrons. The summed E-state index contributed by atoms with van der Waals surface area (Å²) in [7, 11) is 0. The van der Waals surface area contributed by atoms with Crippen LogP contribution in [-0.4, -0.2) is 27.8 Å². The molecule has 0 saturated carbocycles. The summed E-state index contributed by atoms with van der Waals surface area (Å²) in [5, 5.41) is 22.0. The minimum absolute atomic E-state index is 0.0795. The number of carbonyl (C=O) groups excluding carboxylic acids is 1. The number of rotatable bonds is 4. The van der Waals surface area contributed by atoms with Gasteiger partial charge in [0.15, 0.2) is 17.2 Å². The van der Waals surface area contributed by atoms with Gasteiger partial charge >= 0.3 is 0 Å². The summed E-state index contributed by atoms with van der Waals surface area (Å²) in [6.45, 7) is 2.30. The van der Waals surface area contributed by atoms with Crippen LogP contribution in [0.4, 0.5) is 0 Å². The van der Waals surface area contributed by atoms with Crippen LogP contribution >= 0.6 is 11.3 Å². The largest absolute Gasteiger partial charge is 0.504 e. The molecule has 1 aromatic carbocycles. The summed E-state index contributed by atoms with van der Waals surface area (Å²) >= 11 is 1.58. The van der Waals surface area contributed by atoms with Gasteiger partial charge in [0.1, 0.15) is 0 Å². The van der Waals surface area contributed by atoms with Gasteiger partial charge in [-0.1, -0.05) is 12.1 Å². The Morgan fingerprint density at radius 2 is 2.25 bits per heavy atom. The van der Waals surface area contributed by atoms with Crippen LogP contribution in [0, 0.1) is 0 Å². The molecular formula is C17H15N3O3S. The number of fused-ring (bicyclic) bond motifs is 1. The number of aromatic nitrogens is 2. The summed E-state index contributed by atoms with van der Waals surface area (Å²) in [5.41, 5.74) is 2.92. The molecule has 1 unspecified atom stereocenters. The van der Waals surface area contributed by atoms with Crippen LogP contribution in [0.2, 0.25) is 0 Å². The number of H-pyrrole nitrogens is 1. The fourth-order valence-electron chi connectivity index (χ4n) is 2.92. The molecule has 6 nitrogen and oxygen atoms in total. The normalized spacial score (nSPS) is 16.0. The van der Waals surface area contributed by atoms with Crippen LogP contribution < -0.4 is 10.1 Å². The molecule has 0 aliphatic carbocycles. The predicted octanol–water partition coefficient (Wildman–Crippen LogP) is 3.08. The Bertz CT molecular complexity index is 902. The number of amides is 1. The SMILES string of the molecule is CCOc1cc(C2NC(=O)c3n[nH]c(-c4cccs4)c32)ccc1O. The lowest BCUT2D eigenvalue weighted by Crippen LogP contribution is -2.21. The minimum Gasteiger partial charge on any atom is -0.504 e. The van der Waals surface area contributed by atoms with E-state index >= 15 is 0 Å². The van der Waals surface area contributed by atoms with E-state index in [1.165, 1.54) is 0 Å². The van der Waals surface area contributed by atoms with Gasteiger partial charge in [-0.25, -0.2) is 0 Å². The third kappa shape index (κ3) is 2.25. The zero-order valence-corrected chi connectivity index (χ0v) is 13.7. The number of phenols is 1. The maximum Gasteiger partial charge on any atom is 0.272 e. The van der Waals surface area contributed by atoms with Crippen LogP contribution in [0.1, 0.15) is 34.6 Å². The molecule has 3 heterocycles. The number of nitrogens with zero attached hydrogens (tertiary/aromatic N) is 1. The van der Waals surface area contributed by atoms with Gasteiger partial charge < -0.3 is 15.2 Å². The summed E-state index contributed by atoms with van der Waals surface area (Å²) in [5.74, 6) is 0.273. The molecule has 4 rings (SSSR count). The average Bonchev–Trinajstić information content (AvgIpc) is 3.28. The number of aromatic amines is 1. The van der Waals surface area contributed by atoms with Crippen LogP contribution in [0.3, 0.4) is 0 Å². The molecule has 2 aromatic heterocycles. The zero-order valence-electron chi connectivity index (χ0n) is 12.9. The minimum atomic E-state index is -0.330. The molecule has 1 aliphatic rings.